The van der Waals surface area contributed by atoms with Gasteiger partial charge in [0.2, 0.25) is 0 Å². The summed E-state index contributed by atoms with van der Waals surface area (Å²) < 4.78 is 22.8. The minimum Gasteiger partial charge on any atom is -0.383 e. The minimum atomic E-state index is -1.03. The van der Waals surface area contributed by atoms with Crippen molar-refractivity contribution in [3.8, 4) is 11.1 Å². The fraction of sp³-hybridized carbons (Fsp3) is 0.375. The van der Waals surface area contributed by atoms with Gasteiger partial charge in [-0.05, 0) is 49.0 Å². The summed E-state index contributed by atoms with van der Waals surface area (Å²) in [5.74, 6) is 0.119. The smallest absolute Gasteiger partial charge is 0.257 e. The van der Waals surface area contributed by atoms with E-state index in [1.54, 1.807) is 35.8 Å². The summed E-state index contributed by atoms with van der Waals surface area (Å²) in [6, 6.07) is 9.37. The third kappa shape index (κ3) is 5.99. The third-order valence-corrected chi connectivity index (χ3v) is 10.2. The van der Waals surface area contributed by atoms with Crippen molar-refractivity contribution in [1.82, 2.24) is 29.2 Å². The summed E-state index contributed by atoms with van der Waals surface area (Å²) in [6.45, 7) is 4.07. The molecule has 2 aliphatic rings. The minimum absolute atomic E-state index is 0.172. The molecule has 0 spiro atoms. The Morgan fingerprint density at radius 3 is 2.73 bits per heavy atom. The average molecular weight is 669 g/mol. The van der Waals surface area contributed by atoms with E-state index in [0.29, 0.717) is 43.4 Å². The lowest BCUT2D eigenvalue weighted by Crippen LogP contribution is -2.35. The first-order chi connectivity index (χ1) is 21.9. The molecule has 2 aromatic carbocycles. The Kier molecular flexibility index (Phi) is 8.62. The van der Waals surface area contributed by atoms with Gasteiger partial charge in [0.15, 0.2) is 11.2 Å². The van der Waals surface area contributed by atoms with Gasteiger partial charge in [0.25, 0.3) is 5.91 Å². The highest BCUT2D eigenvalue weighted by Gasteiger charge is 2.34. The molecule has 3 aromatic heterocycles. The van der Waals surface area contributed by atoms with E-state index in [1.165, 1.54) is 21.6 Å². The van der Waals surface area contributed by atoms with Crippen LogP contribution in [0.15, 0.2) is 54.4 Å². The summed E-state index contributed by atoms with van der Waals surface area (Å²) in [7, 11) is 1.74. The molecular formula is C32H32Cl2FN7O2S. The van der Waals surface area contributed by atoms with Crippen LogP contribution in [-0.4, -0.2) is 74.6 Å². The number of nitrogens with one attached hydrogen (secondary N) is 1. The first-order valence-electron chi connectivity index (χ1n) is 15.0. The number of aromatic nitrogens is 5. The molecule has 1 N–H and O–H groups in total. The van der Waals surface area contributed by atoms with Gasteiger partial charge in [-0.1, -0.05) is 47.5 Å². The Labute approximate surface area is 273 Å². The number of methoxy groups -OCH3 is 1. The Balaban J connectivity index is 1.19. The second-order valence-corrected chi connectivity index (χ2v) is 13.3. The van der Waals surface area contributed by atoms with Gasteiger partial charge in [0.05, 0.1) is 35.2 Å². The van der Waals surface area contributed by atoms with Crippen LogP contribution < -0.4 is 5.32 Å². The maximum absolute atomic E-state index is 14.3. The molecule has 2 atom stereocenters. The van der Waals surface area contributed by atoms with E-state index < -0.39 is 18.1 Å². The van der Waals surface area contributed by atoms with Crippen molar-refractivity contribution in [3.05, 3.63) is 81.4 Å². The largest absolute Gasteiger partial charge is 0.383 e. The molecule has 0 aliphatic carbocycles. The van der Waals surface area contributed by atoms with Crippen LogP contribution in [0.25, 0.3) is 22.0 Å². The number of likely N-dealkylation sites (tertiary alicyclic amines) is 1. The SMILES string of the molecule is COCCN1CCC(c2ccc(-c3cc(Cl)c4cn(C(C(=O)Nc5nccs5)c5ncn6c5C[C@@H](F)C6)nc4c3Cl)cc2)CC1. The molecule has 0 radical (unpaired) electrons. The van der Waals surface area contributed by atoms with Crippen LogP contribution in [0.1, 0.15) is 41.8 Å². The number of carbonyl (C=O) groups is 1. The van der Waals surface area contributed by atoms with Gasteiger partial charge in [0, 0.05) is 54.5 Å². The number of hydrogen-bond donors (Lipinski definition) is 1. The van der Waals surface area contributed by atoms with Crippen LogP contribution in [0.2, 0.25) is 10.0 Å². The second-order valence-electron chi connectivity index (χ2n) is 11.6. The topological polar surface area (TPSA) is 90.1 Å². The van der Waals surface area contributed by atoms with Crippen molar-refractivity contribution >= 4 is 56.5 Å². The van der Waals surface area contributed by atoms with Crippen molar-refractivity contribution in [2.24, 2.45) is 0 Å². The van der Waals surface area contributed by atoms with E-state index in [1.807, 2.05) is 6.07 Å². The van der Waals surface area contributed by atoms with Gasteiger partial charge >= 0.3 is 0 Å². The number of carbonyl (C=O) groups excluding carboxylic acids is 1. The molecule has 13 heteroatoms. The van der Waals surface area contributed by atoms with Gasteiger partial charge in [-0.15, -0.1) is 11.3 Å². The number of amides is 1. The van der Waals surface area contributed by atoms with E-state index in [-0.39, 0.29) is 13.0 Å². The molecule has 45 heavy (non-hydrogen) atoms. The number of thiazole rings is 1. The van der Waals surface area contributed by atoms with Crippen LogP contribution in [0.3, 0.4) is 0 Å². The number of alkyl halides is 1. The fourth-order valence-corrected chi connectivity index (χ4v) is 7.54. The highest BCUT2D eigenvalue weighted by Crippen LogP contribution is 2.40. The van der Waals surface area contributed by atoms with Gasteiger partial charge in [-0.2, -0.15) is 5.10 Å². The average Bonchev–Trinajstić information content (AvgIpc) is 3.85. The second kappa shape index (κ2) is 12.8. The first kappa shape index (κ1) is 30.3. The summed E-state index contributed by atoms with van der Waals surface area (Å²) >= 11 is 15.2. The zero-order valence-electron chi connectivity index (χ0n) is 24.6. The lowest BCUT2D eigenvalue weighted by atomic mass is 9.88. The molecule has 234 valence electrons. The van der Waals surface area contributed by atoms with Gasteiger partial charge < -0.3 is 14.2 Å². The van der Waals surface area contributed by atoms with Crippen molar-refractivity contribution in [2.45, 2.75) is 43.9 Å². The molecule has 9 nitrogen and oxygen atoms in total. The monoisotopic (exact) mass is 667 g/mol. The van der Waals surface area contributed by atoms with Gasteiger partial charge in [-0.25, -0.2) is 14.4 Å². The normalized spacial score (nSPS) is 18.0. The number of halogens is 3. The standard InChI is InChI=1S/C32H32Cl2FN7O2S/c1-44-12-11-40-9-6-20(7-10-40)19-2-4-21(5-3-19)23-15-25(33)24-17-42(39-28(24)27(23)34)30(31(43)38-32-36-8-13-45-32)29-26-14-22(35)16-41(26)18-37-29/h2-5,8,13,15,17-18,20,22,30H,6-7,9-12,14,16H2,1H3,(H,36,38,43)/t22-,30?/m1/s1. The van der Waals surface area contributed by atoms with Crippen LogP contribution in [0.5, 0.6) is 0 Å². The van der Waals surface area contributed by atoms with E-state index in [0.717, 1.165) is 50.2 Å². The lowest BCUT2D eigenvalue weighted by Gasteiger charge is -2.32. The molecule has 0 bridgehead atoms. The third-order valence-electron chi connectivity index (χ3n) is 8.82. The highest BCUT2D eigenvalue weighted by atomic mass is 35.5. The van der Waals surface area contributed by atoms with Crippen molar-refractivity contribution in [2.75, 3.05) is 38.7 Å². The summed E-state index contributed by atoms with van der Waals surface area (Å²) in [6.07, 6.45) is 6.25. The number of nitrogens with zero attached hydrogens (tertiary/aromatic N) is 6. The van der Waals surface area contributed by atoms with Crippen molar-refractivity contribution in [1.29, 1.82) is 0 Å². The van der Waals surface area contributed by atoms with Gasteiger partial charge in [-0.3, -0.25) is 14.8 Å². The molecule has 2 aliphatic heterocycles. The Morgan fingerprint density at radius 1 is 1.20 bits per heavy atom. The van der Waals surface area contributed by atoms with Crippen LogP contribution in [0.4, 0.5) is 9.52 Å². The summed E-state index contributed by atoms with van der Waals surface area (Å²) in [5.41, 5.74) is 4.57. The molecule has 7 rings (SSSR count). The molecule has 1 amide bonds. The molecular weight excluding hydrogens is 636 g/mol. The Hall–Kier alpha value is -3.35. The van der Waals surface area contributed by atoms with Crippen LogP contribution in [-0.2, 0) is 22.5 Å². The highest BCUT2D eigenvalue weighted by molar-refractivity contribution is 7.13. The number of rotatable bonds is 9. The molecule has 1 unspecified atom stereocenters. The van der Waals surface area contributed by atoms with Crippen LogP contribution >= 0.6 is 34.5 Å². The molecule has 5 aromatic rings. The van der Waals surface area contributed by atoms with Crippen molar-refractivity contribution < 1.29 is 13.9 Å². The predicted molar refractivity (Wildman–Crippen MR) is 175 cm³/mol. The summed E-state index contributed by atoms with van der Waals surface area (Å²) in [4.78, 5) is 24.9. The van der Waals surface area contributed by atoms with E-state index in [9.17, 15) is 9.18 Å². The fourth-order valence-electron chi connectivity index (χ4n) is 6.46. The zero-order valence-corrected chi connectivity index (χ0v) is 27.0. The maximum Gasteiger partial charge on any atom is 0.257 e. The Morgan fingerprint density at radius 2 is 2.00 bits per heavy atom. The quantitative estimate of drug-likeness (QED) is 0.190. The number of hydrogen-bond acceptors (Lipinski definition) is 7. The number of piperidine rings is 1. The first-order valence-corrected chi connectivity index (χ1v) is 16.6. The van der Waals surface area contributed by atoms with E-state index in [2.05, 4.69) is 44.5 Å². The predicted octanol–water partition coefficient (Wildman–Crippen LogP) is 6.61. The molecule has 1 saturated heterocycles. The van der Waals surface area contributed by atoms with Gasteiger partial charge in [0.1, 0.15) is 11.7 Å². The summed E-state index contributed by atoms with van der Waals surface area (Å²) in [5, 5.41) is 11.4. The molecule has 5 heterocycles. The van der Waals surface area contributed by atoms with E-state index >= 15 is 0 Å². The number of ether oxygens (including phenoxy) is 1. The van der Waals surface area contributed by atoms with Crippen LogP contribution in [0, 0.1) is 0 Å². The maximum atomic E-state index is 14.3. The molecule has 1 fully saturated rings. The zero-order chi connectivity index (χ0) is 31.1. The number of fused-ring (bicyclic) bond motifs is 2. The van der Waals surface area contributed by atoms with E-state index in [4.69, 9.17) is 33.0 Å². The number of benzene rings is 2. The number of anilines is 1. The van der Waals surface area contributed by atoms with Crippen molar-refractivity contribution in [3.63, 3.8) is 0 Å². The Bertz CT molecular complexity index is 1820. The number of imidazole rings is 1. The molecule has 0 saturated carbocycles. The lowest BCUT2D eigenvalue weighted by molar-refractivity contribution is -0.118.